The number of hydrogen-bond acceptors (Lipinski definition) is 2. The van der Waals surface area contributed by atoms with Crippen molar-refractivity contribution in [2.75, 3.05) is 0 Å². The van der Waals surface area contributed by atoms with E-state index in [-0.39, 0.29) is 5.84 Å². The van der Waals surface area contributed by atoms with Crippen molar-refractivity contribution in [3.05, 3.63) is 34.3 Å². The van der Waals surface area contributed by atoms with E-state index in [1.54, 1.807) is 12.1 Å². The highest BCUT2D eigenvalue weighted by atomic mass is 35.5. The summed E-state index contributed by atoms with van der Waals surface area (Å²) in [5, 5.41) is 0.597. The molecule has 0 bridgehead atoms. The lowest BCUT2D eigenvalue weighted by atomic mass is 10.1. The average Bonchev–Trinajstić information content (AvgIpc) is 2.05. The third-order valence-corrected chi connectivity index (χ3v) is 3.52. The Hall–Kier alpha value is -1.00. The zero-order chi connectivity index (χ0) is 10.3. The van der Waals surface area contributed by atoms with Crippen molar-refractivity contribution in [3.63, 3.8) is 0 Å². The molecule has 1 atom stereocenters. The zero-order valence-electron chi connectivity index (χ0n) is 7.37. The summed E-state index contributed by atoms with van der Waals surface area (Å²) in [4.78, 5) is 0. The van der Waals surface area contributed by atoms with Gasteiger partial charge >= 0.3 is 0 Å². The van der Waals surface area contributed by atoms with Crippen LogP contribution in [-0.4, -0.2) is 15.9 Å². The molecule has 0 saturated carbocycles. The van der Waals surface area contributed by atoms with Crippen LogP contribution in [0.2, 0.25) is 5.02 Å². The molecule has 0 aromatic heterocycles. The zero-order valence-corrected chi connectivity index (χ0v) is 8.94. The van der Waals surface area contributed by atoms with E-state index < -0.39 is 9.71 Å². The fourth-order valence-electron chi connectivity index (χ4n) is 1.42. The first kappa shape index (κ1) is 9.55. The molecule has 0 fully saturated rings. The minimum Gasteiger partial charge on any atom is -0.383 e. The van der Waals surface area contributed by atoms with Crippen LogP contribution in [0.4, 0.5) is 0 Å². The summed E-state index contributed by atoms with van der Waals surface area (Å²) >= 11 is 5.82. The number of amidine groups is 1. The van der Waals surface area contributed by atoms with E-state index in [9.17, 15) is 4.21 Å². The standard InChI is InChI=1S/C9H9ClN2OS/c1-14(13)5-6-2-3-7(10)4-8(6)9(11)12-14/h2-4H,1,5H2,(H2,11,12,13). The summed E-state index contributed by atoms with van der Waals surface area (Å²) in [6.07, 6.45) is 0. The van der Waals surface area contributed by atoms with Crippen LogP contribution in [0.15, 0.2) is 22.6 Å². The van der Waals surface area contributed by atoms with Crippen molar-refractivity contribution in [2.24, 2.45) is 10.1 Å². The maximum atomic E-state index is 11.7. The van der Waals surface area contributed by atoms with Crippen molar-refractivity contribution in [1.82, 2.24) is 0 Å². The third-order valence-electron chi connectivity index (χ3n) is 1.99. The average molecular weight is 229 g/mol. The molecule has 1 aromatic rings. The molecule has 1 aliphatic heterocycles. The Morgan fingerprint density at radius 3 is 3.00 bits per heavy atom. The summed E-state index contributed by atoms with van der Waals surface area (Å²) < 4.78 is 15.5. The maximum Gasteiger partial charge on any atom is 0.141 e. The van der Waals surface area contributed by atoms with E-state index in [4.69, 9.17) is 17.3 Å². The minimum absolute atomic E-state index is 0.258. The summed E-state index contributed by atoms with van der Waals surface area (Å²) in [6, 6.07) is 5.28. The summed E-state index contributed by atoms with van der Waals surface area (Å²) in [6.45, 7) is 0. The van der Waals surface area contributed by atoms with Crippen LogP contribution in [0.1, 0.15) is 11.1 Å². The summed E-state index contributed by atoms with van der Waals surface area (Å²) in [7, 11) is -2.44. The van der Waals surface area contributed by atoms with Crippen LogP contribution >= 0.6 is 11.6 Å². The second kappa shape index (κ2) is 3.00. The van der Waals surface area contributed by atoms with Crippen molar-refractivity contribution >= 4 is 33.0 Å². The van der Waals surface area contributed by atoms with E-state index >= 15 is 0 Å². The largest absolute Gasteiger partial charge is 0.383 e. The molecule has 1 heterocycles. The first-order valence-electron chi connectivity index (χ1n) is 3.97. The van der Waals surface area contributed by atoms with Gasteiger partial charge in [0.25, 0.3) is 0 Å². The Kier molecular flexibility index (Phi) is 2.05. The molecular weight excluding hydrogens is 220 g/mol. The van der Waals surface area contributed by atoms with Crippen LogP contribution in [0.3, 0.4) is 0 Å². The maximum absolute atomic E-state index is 11.7. The fraction of sp³-hybridized carbons (Fsp3) is 0.111. The highest BCUT2D eigenvalue weighted by molar-refractivity contribution is 7.98. The van der Waals surface area contributed by atoms with Gasteiger partial charge in [0.05, 0.1) is 15.5 Å². The number of rotatable bonds is 0. The smallest absolute Gasteiger partial charge is 0.141 e. The molecule has 2 rings (SSSR count). The van der Waals surface area contributed by atoms with Gasteiger partial charge in [0.15, 0.2) is 0 Å². The van der Waals surface area contributed by atoms with Gasteiger partial charge in [-0.2, -0.15) is 4.40 Å². The SMILES string of the molecule is C=S1(=O)Cc2ccc(Cl)cc2C(N)=N1. The van der Waals surface area contributed by atoms with Crippen LogP contribution in [0.25, 0.3) is 0 Å². The number of fused-ring (bicyclic) bond motifs is 1. The van der Waals surface area contributed by atoms with Crippen LogP contribution < -0.4 is 5.73 Å². The number of halogens is 1. The molecule has 1 aliphatic rings. The number of hydrogen-bond donors (Lipinski definition) is 1. The molecule has 2 N–H and O–H groups in total. The van der Waals surface area contributed by atoms with Gasteiger partial charge in [-0.1, -0.05) is 17.7 Å². The topological polar surface area (TPSA) is 55.5 Å². The molecule has 1 aromatic carbocycles. The quantitative estimate of drug-likeness (QED) is 0.679. The van der Waals surface area contributed by atoms with Crippen molar-refractivity contribution < 1.29 is 4.21 Å². The molecule has 0 saturated heterocycles. The molecule has 0 aliphatic carbocycles. The van der Waals surface area contributed by atoms with Gasteiger partial charge in [-0.15, -0.1) is 0 Å². The Balaban J connectivity index is 2.68. The molecule has 5 heteroatoms. The van der Waals surface area contributed by atoms with Crippen molar-refractivity contribution in [3.8, 4) is 0 Å². The number of nitrogens with two attached hydrogens (primary N) is 1. The highest BCUT2D eigenvalue weighted by Gasteiger charge is 2.17. The predicted molar refractivity (Wildman–Crippen MR) is 61.1 cm³/mol. The third kappa shape index (κ3) is 1.63. The van der Waals surface area contributed by atoms with Gasteiger partial charge in [-0.05, 0) is 23.6 Å². The van der Waals surface area contributed by atoms with Crippen molar-refractivity contribution in [1.29, 1.82) is 0 Å². The monoisotopic (exact) mass is 228 g/mol. The second-order valence-corrected chi connectivity index (χ2v) is 5.65. The molecule has 1 unspecified atom stereocenters. The van der Waals surface area contributed by atoms with E-state index in [0.717, 1.165) is 11.1 Å². The first-order chi connectivity index (χ1) is 6.48. The first-order valence-corrected chi connectivity index (χ1v) is 6.20. The van der Waals surface area contributed by atoms with E-state index in [0.29, 0.717) is 10.8 Å². The Labute approximate surface area is 87.7 Å². The molecular formula is C9H9ClN2OS. The van der Waals surface area contributed by atoms with E-state index in [2.05, 4.69) is 10.3 Å². The number of nitrogens with zero attached hydrogens (tertiary/aromatic N) is 1. The lowest BCUT2D eigenvalue weighted by molar-refractivity contribution is 0.681. The molecule has 3 nitrogen and oxygen atoms in total. The summed E-state index contributed by atoms with van der Waals surface area (Å²) in [5.41, 5.74) is 7.32. The lowest BCUT2D eigenvalue weighted by Gasteiger charge is -2.16. The van der Waals surface area contributed by atoms with Crippen LogP contribution in [0, 0.1) is 0 Å². The highest BCUT2D eigenvalue weighted by Crippen LogP contribution is 2.22. The molecule has 14 heavy (non-hydrogen) atoms. The van der Waals surface area contributed by atoms with Crippen LogP contribution in [0.5, 0.6) is 0 Å². The predicted octanol–water partition coefficient (Wildman–Crippen LogP) is 1.19. The Morgan fingerprint density at radius 2 is 2.29 bits per heavy atom. The van der Waals surface area contributed by atoms with Gasteiger partial charge in [0, 0.05) is 10.6 Å². The fourth-order valence-corrected chi connectivity index (χ4v) is 2.85. The summed E-state index contributed by atoms with van der Waals surface area (Å²) in [5.74, 6) is 4.12. The Morgan fingerprint density at radius 1 is 1.57 bits per heavy atom. The minimum atomic E-state index is -2.44. The normalized spacial score (nSPS) is 25.4. The molecule has 74 valence electrons. The lowest BCUT2D eigenvalue weighted by Crippen LogP contribution is -2.23. The molecule has 0 spiro atoms. The van der Waals surface area contributed by atoms with Crippen molar-refractivity contribution in [2.45, 2.75) is 5.75 Å². The Bertz CT molecular complexity index is 520. The van der Waals surface area contributed by atoms with Crippen LogP contribution in [-0.2, 0) is 15.5 Å². The molecule has 0 radical (unpaired) electrons. The van der Waals surface area contributed by atoms with Gasteiger partial charge < -0.3 is 5.73 Å². The van der Waals surface area contributed by atoms with E-state index in [1.807, 2.05) is 6.07 Å². The van der Waals surface area contributed by atoms with Gasteiger partial charge in [0.1, 0.15) is 5.84 Å². The van der Waals surface area contributed by atoms with Gasteiger partial charge in [0.2, 0.25) is 0 Å². The molecule has 0 amide bonds. The van der Waals surface area contributed by atoms with Gasteiger partial charge in [-0.25, -0.2) is 4.21 Å². The second-order valence-electron chi connectivity index (χ2n) is 3.19. The van der Waals surface area contributed by atoms with Gasteiger partial charge in [-0.3, -0.25) is 0 Å². The van der Waals surface area contributed by atoms with E-state index in [1.165, 1.54) is 0 Å². The number of benzene rings is 1.